The van der Waals surface area contributed by atoms with Crippen molar-refractivity contribution in [2.24, 2.45) is 0 Å². The molecule has 0 spiro atoms. The summed E-state index contributed by atoms with van der Waals surface area (Å²) in [6.45, 7) is 2.91. The van der Waals surface area contributed by atoms with Crippen LogP contribution >= 0.6 is 11.6 Å². The maximum absolute atomic E-state index is 5.83. The van der Waals surface area contributed by atoms with Crippen LogP contribution in [-0.2, 0) is 13.0 Å². The zero-order valence-electron chi connectivity index (χ0n) is 8.52. The van der Waals surface area contributed by atoms with Gasteiger partial charge in [-0.1, -0.05) is 29.8 Å². The van der Waals surface area contributed by atoms with Crippen LogP contribution in [0.1, 0.15) is 11.1 Å². The Hall–Kier alpha value is -1.35. The summed E-state index contributed by atoms with van der Waals surface area (Å²) >= 11 is 5.83. The van der Waals surface area contributed by atoms with Crippen LogP contribution in [0.15, 0.2) is 30.6 Å². The first-order valence-corrected chi connectivity index (χ1v) is 5.22. The molecule has 3 nitrogen and oxygen atoms in total. The van der Waals surface area contributed by atoms with Gasteiger partial charge in [0, 0.05) is 6.54 Å². The molecule has 1 aromatic heterocycles. The van der Waals surface area contributed by atoms with Gasteiger partial charge in [0.2, 0.25) is 5.28 Å². The third-order valence-corrected chi connectivity index (χ3v) is 2.58. The van der Waals surface area contributed by atoms with Crippen LogP contribution in [-0.4, -0.2) is 14.8 Å². The molecule has 2 rings (SSSR count). The Kier molecular flexibility index (Phi) is 3.02. The molecular formula is C11H12ClN3. The summed E-state index contributed by atoms with van der Waals surface area (Å²) in [4.78, 5) is 0. The molecule has 2 aromatic rings. The number of rotatable bonds is 3. The highest BCUT2D eigenvalue weighted by Crippen LogP contribution is 2.08. The maximum Gasteiger partial charge on any atom is 0.224 e. The molecule has 15 heavy (non-hydrogen) atoms. The van der Waals surface area contributed by atoms with Crippen molar-refractivity contribution in [1.29, 1.82) is 0 Å². The molecular weight excluding hydrogens is 210 g/mol. The number of aromatic nitrogens is 3. The normalized spacial score (nSPS) is 10.5. The fourth-order valence-electron chi connectivity index (χ4n) is 1.51. The lowest BCUT2D eigenvalue weighted by molar-refractivity contribution is 0.694. The van der Waals surface area contributed by atoms with Gasteiger partial charge in [0.25, 0.3) is 0 Å². The van der Waals surface area contributed by atoms with Crippen LogP contribution in [0.25, 0.3) is 0 Å². The highest BCUT2D eigenvalue weighted by atomic mass is 35.5. The zero-order chi connectivity index (χ0) is 10.7. The summed E-state index contributed by atoms with van der Waals surface area (Å²) in [5.41, 5.74) is 2.59. The van der Waals surface area contributed by atoms with E-state index in [0.717, 1.165) is 13.0 Å². The van der Waals surface area contributed by atoms with Gasteiger partial charge in [-0.05, 0) is 30.5 Å². The lowest BCUT2D eigenvalue weighted by atomic mass is 10.1. The maximum atomic E-state index is 5.83. The molecule has 4 heteroatoms. The first-order chi connectivity index (χ1) is 7.25. The van der Waals surface area contributed by atoms with E-state index in [1.54, 1.807) is 6.33 Å². The summed E-state index contributed by atoms with van der Waals surface area (Å²) in [6, 6.07) is 8.46. The molecule has 0 atom stereocenters. The Bertz CT molecular complexity index is 451. The van der Waals surface area contributed by atoms with Crippen LogP contribution in [0.3, 0.4) is 0 Å². The molecule has 0 saturated heterocycles. The van der Waals surface area contributed by atoms with Crippen LogP contribution in [0.5, 0.6) is 0 Å². The Morgan fingerprint density at radius 1 is 1.40 bits per heavy atom. The second-order valence-electron chi connectivity index (χ2n) is 3.53. The lowest BCUT2D eigenvalue weighted by Gasteiger charge is -2.03. The van der Waals surface area contributed by atoms with Gasteiger partial charge in [-0.3, -0.25) is 0 Å². The molecule has 0 unspecified atom stereocenters. The number of nitrogens with zero attached hydrogens (tertiary/aromatic N) is 3. The first-order valence-electron chi connectivity index (χ1n) is 4.84. The quantitative estimate of drug-likeness (QED) is 0.797. The van der Waals surface area contributed by atoms with E-state index in [4.69, 9.17) is 11.6 Å². The van der Waals surface area contributed by atoms with E-state index in [9.17, 15) is 0 Å². The Morgan fingerprint density at radius 3 is 2.93 bits per heavy atom. The molecule has 0 N–H and O–H groups in total. The SMILES string of the molecule is Cc1cccc(CCn2cnnc2Cl)c1. The molecule has 0 aliphatic heterocycles. The summed E-state index contributed by atoms with van der Waals surface area (Å²) < 4.78 is 1.84. The fourth-order valence-corrected chi connectivity index (χ4v) is 1.68. The number of aryl methyl sites for hydroxylation is 3. The number of hydrogen-bond acceptors (Lipinski definition) is 2. The molecule has 0 saturated carbocycles. The van der Waals surface area contributed by atoms with Gasteiger partial charge in [-0.15, -0.1) is 10.2 Å². The van der Waals surface area contributed by atoms with E-state index in [-0.39, 0.29) is 0 Å². The van der Waals surface area contributed by atoms with Crippen molar-refractivity contribution >= 4 is 11.6 Å². The van der Waals surface area contributed by atoms with Crippen molar-refractivity contribution in [3.8, 4) is 0 Å². The molecule has 78 valence electrons. The lowest BCUT2D eigenvalue weighted by Crippen LogP contribution is -2.00. The fraction of sp³-hybridized carbons (Fsp3) is 0.273. The summed E-state index contributed by atoms with van der Waals surface area (Å²) in [6.07, 6.45) is 2.59. The summed E-state index contributed by atoms with van der Waals surface area (Å²) in [5, 5.41) is 7.90. The van der Waals surface area contributed by atoms with Crippen LogP contribution in [0, 0.1) is 6.92 Å². The number of halogens is 1. The topological polar surface area (TPSA) is 30.7 Å². The van der Waals surface area contributed by atoms with E-state index < -0.39 is 0 Å². The van der Waals surface area contributed by atoms with Crippen molar-refractivity contribution in [3.63, 3.8) is 0 Å². The minimum Gasteiger partial charge on any atom is -0.304 e. The minimum atomic E-state index is 0.447. The molecule has 0 radical (unpaired) electrons. The largest absolute Gasteiger partial charge is 0.304 e. The van der Waals surface area contributed by atoms with Gasteiger partial charge in [-0.2, -0.15) is 0 Å². The molecule has 0 aliphatic carbocycles. The molecule has 0 bridgehead atoms. The Labute approximate surface area is 93.7 Å². The van der Waals surface area contributed by atoms with E-state index in [1.807, 2.05) is 4.57 Å². The standard InChI is InChI=1S/C11H12ClN3/c1-9-3-2-4-10(7-9)5-6-15-8-13-14-11(15)12/h2-4,7-8H,5-6H2,1H3. The average molecular weight is 222 g/mol. The molecule has 0 fully saturated rings. The summed E-state index contributed by atoms with van der Waals surface area (Å²) in [5.74, 6) is 0. The molecule has 0 aliphatic rings. The van der Waals surface area contributed by atoms with E-state index >= 15 is 0 Å². The van der Waals surface area contributed by atoms with Crippen LogP contribution in [0.4, 0.5) is 0 Å². The van der Waals surface area contributed by atoms with Gasteiger partial charge in [0.05, 0.1) is 0 Å². The van der Waals surface area contributed by atoms with Crippen molar-refractivity contribution in [3.05, 3.63) is 47.0 Å². The highest BCUT2D eigenvalue weighted by Gasteiger charge is 2.00. The van der Waals surface area contributed by atoms with Gasteiger partial charge in [0.15, 0.2) is 0 Å². The third kappa shape index (κ3) is 2.57. The van der Waals surface area contributed by atoms with Gasteiger partial charge < -0.3 is 4.57 Å². The van der Waals surface area contributed by atoms with Crippen molar-refractivity contribution in [2.45, 2.75) is 19.9 Å². The predicted molar refractivity (Wildman–Crippen MR) is 59.9 cm³/mol. The van der Waals surface area contributed by atoms with Crippen molar-refractivity contribution < 1.29 is 0 Å². The first kappa shape index (κ1) is 10.2. The Morgan fingerprint density at radius 2 is 2.27 bits per heavy atom. The van der Waals surface area contributed by atoms with E-state index in [0.29, 0.717) is 5.28 Å². The van der Waals surface area contributed by atoms with Gasteiger partial charge in [0.1, 0.15) is 6.33 Å². The highest BCUT2D eigenvalue weighted by molar-refractivity contribution is 6.28. The zero-order valence-corrected chi connectivity index (χ0v) is 9.28. The predicted octanol–water partition coefficient (Wildman–Crippen LogP) is 2.48. The third-order valence-electron chi connectivity index (χ3n) is 2.29. The van der Waals surface area contributed by atoms with Crippen molar-refractivity contribution in [2.75, 3.05) is 0 Å². The second-order valence-corrected chi connectivity index (χ2v) is 3.87. The number of hydrogen-bond donors (Lipinski definition) is 0. The second kappa shape index (κ2) is 4.45. The van der Waals surface area contributed by atoms with Gasteiger partial charge in [-0.25, -0.2) is 0 Å². The molecule has 0 amide bonds. The summed E-state index contributed by atoms with van der Waals surface area (Å²) in [7, 11) is 0. The van der Waals surface area contributed by atoms with Crippen LogP contribution < -0.4 is 0 Å². The van der Waals surface area contributed by atoms with Crippen LogP contribution in [0.2, 0.25) is 5.28 Å². The van der Waals surface area contributed by atoms with Crippen molar-refractivity contribution in [1.82, 2.24) is 14.8 Å². The van der Waals surface area contributed by atoms with Gasteiger partial charge >= 0.3 is 0 Å². The van der Waals surface area contributed by atoms with E-state index in [1.165, 1.54) is 11.1 Å². The average Bonchev–Trinajstić information content (AvgIpc) is 2.61. The molecule has 1 aromatic carbocycles. The minimum absolute atomic E-state index is 0.447. The number of benzene rings is 1. The monoisotopic (exact) mass is 221 g/mol. The van der Waals surface area contributed by atoms with E-state index in [2.05, 4.69) is 41.4 Å². The smallest absolute Gasteiger partial charge is 0.224 e. The molecule has 1 heterocycles. The Balaban J connectivity index is 2.02.